The van der Waals surface area contributed by atoms with Crippen molar-refractivity contribution in [2.24, 2.45) is 5.92 Å². The van der Waals surface area contributed by atoms with Crippen molar-refractivity contribution < 1.29 is 34.4 Å². The second-order valence-corrected chi connectivity index (χ2v) is 7.27. The molecule has 1 amide bonds. The molecule has 2 saturated heterocycles. The van der Waals surface area contributed by atoms with E-state index in [1.54, 1.807) is 12.1 Å². The van der Waals surface area contributed by atoms with Gasteiger partial charge in [-0.25, -0.2) is 4.79 Å². The van der Waals surface area contributed by atoms with Gasteiger partial charge in [-0.2, -0.15) is 0 Å². The number of hydrogen-bond acceptors (Lipinski definition) is 6. The highest BCUT2D eigenvalue weighted by atomic mass is 16.6. The molecule has 29 heavy (non-hydrogen) atoms. The highest BCUT2D eigenvalue weighted by Crippen LogP contribution is 2.17. The number of aliphatic carboxylic acids is 2. The smallest absolute Gasteiger partial charge is 0.351 e. The molecule has 0 aliphatic carbocycles. The zero-order chi connectivity index (χ0) is 21.4. The molecule has 2 aliphatic heterocycles. The van der Waals surface area contributed by atoms with Crippen molar-refractivity contribution in [3.8, 4) is 0 Å². The molecule has 2 aliphatic rings. The minimum atomic E-state index is -2.07. The van der Waals surface area contributed by atoms with Gasteiger partial charge < -0.3 is 24.8 Å². The van der Waals surface area contributed by atoms with E-state index >= 15 is 0 Å². The Hall–Kier alpha value is -3.01. The summed E-state index contributed by atoms with van der Waals surface area (Å²) < 4.78 is 0. The van der Waals surface area contributed by atoms with E-state index < -0.39 is 11.9 Å². The summed E-state index contributed by atoms with van der Waals surface area (Å²) in [5.41, 5.74) is 1.12. The molecule has 0 spiro atoms. The lowest BCUT2D eigenvalue weighted by Gasteiger charge is -2.31. The van der Waals surface area contributed by atoms with Gasteiger partial charge in [0.15, 0.2) is 5.97 Å². The van der Waals surface area contributed by atoms with Crippen LogP contribution in [0.1, 0.15) is 31.2 Å². The normalized spacial score (nSPS) is 21.0. The standard InChI is InChI=1S/C17H23N3O3.C2H2O4/c21-17(19-9-1-2-10-19)15-6-4-8-18(13-15)12-14-5-3-7-16(11-14)20(22)23;3-1(4)2(5)6/h3,5,7,11,15H,1-2,4,6,8-10,12-13H2;(H,3,4)(H,5,6). The predicted molar refractivity (Wildman–Crippen MR) is 98.7 cm³/mol. The number of piperidine rings is 1. The molecule has 2 fully saturated rings. The number of nitrogens with zero attached hydrogens (tertiary/aromatic N) is 2. The van der Waals surface area contributed by atoms with Crippen LogP contribution in [0.15, 0.2) is 24.3 Å². The summed E-state index contributed by atoms with van der Waals surface area (Å²) in [4.78, 5) is 44.5. The van der Waals surface area contributed by atoms with E-state index in [4.69, 9.17) is 19.8 Å². The van der Waals surface area contributed by atoms with Crippen molar-refractivity contribution in [3.05, 3.63) is 39.9 Å². The van der Waals surface area contributed by atoms with Crippen LogP contribution in [0.4, 0.5) is 5.69 Å². The molecule has 2 atom stereocenters. The molecule has 0 saturated carbocycles. The molecule has 158 valence electrons. The number of carbonyl (C=O) groups excluding carboxylic acids is 2. The van der Waals surface area contributed by atoms with E-state index in [2.05, 4.69) is 0 Å². The molecule has 1 aromatic rings. The molecule has 2 heterocycles. The number of amides is 1. The van der Waals surface area contributed by atoms with Crippen molar-refractivity contribution in [2.45, 2.75) is 32.2 Å². The molecule has 10 heteroatoms. The average molecular weight is 407 g/mol. The number of likely N-dealkylation sites (tertiary alicyclic amines) is 2. The first-order chi connectivity index (χ1) is 13.8. The first-order valence-corrected chi connectivity index (χ1v) is 9.58. The van der Waals surface area contributed by atoms with Crippen molar-refractivity contribution in [1.29, 1.82) is 0 Å². The number of nitro benzene ring substituents is 1. The molecule has 3 rings (SSSR count). The van der Waals surface area contributed by atoms with Gasteiger partial charge in [-0.15, -0.1) is 0 Å². The number of carboxylic acids is 2. The van der Waals surface area contributed by atoms with Gasteiger partial charge in [0.1, 0.15) is 6.54 Å². The Bertz CT molecular complexity index is 750. The number of carbonyl (C=O) groups is 3. The molecule has 2 unspecified atom stereocenters. The maximum Gasteiger partial charge on any atom is 0.351 e. The van der Waals surface area contributed by atoms with Gasteiger partial charge in [0.25, 0.3) is 5.69 Å². The van der Waals surface area contributed by atoms with E-state index in [9.17, 15) is 14.9 Å². The predicted octanol–water partition coefficient (Wildman–Crippen LogP) is -1.17. The zero-order valence-corrected chi connectivity index (χ0v) is 16.0. The molecule has 0 radical (unpaired) electrons. The van der Waals surface area contributed by atoms with Crippen LogP contribution in [0, 0.1) is 16.0 Å². The van der Waals surface area contributed by atoms with Crippen LogP contribution < -0.4 is 10.0 Å². The molecule has 0 aromatic heterocycles. The Labute approximate surface area is 167 Å². The summed E-state index contributed by atoms with van der Waals surface area (Å²) in [7, 11) is 0. The van der Waals surface area contributed by atoms with Crippen molar-refractivity contribution >= 4 is 23.5 Å². The maximum atomic E-state index is 12.6. The number of non-ortho nitro benzene ring substituents is 1. The van der Waals surface area contributed by atoms with E-state index in [-0.39, 0.29) is 16.5 Å². The fourth-order valence-corrected chi connectivity index (χ4v) is 3.79. The minimum absolute atomic E-state index is 0.121. The molecule has 1 aromatic carbocycles. The number of nitrogens with one attached hydrogen (secondary N) is 1. The number of hydrogen-bond donors (Lipinski definition) is 2. The highest BCUT2D eigenvalue weighted by molar-refractivity contribution is 6.26. The quantitative estimate of drug-likeness (QED) is 0.363. The fraction of sp³-hybridized carbons (Fsp3) is 0.526. The van der Waals surface area contributed by atoms with Gasteiger partial charge >= 0.3 is 5.97 Å². The lowest BCUT2D eigenvalue weighted by atomic mass is 9.96. The first-order valence-electron chi connectivity index (χ1n) is 9.58. The maximum absolute atomic E-state index is 12.6. The molecule has 2 N–H and O–H groups in total. The van der Waals surface area contributed by atoms with E-state index in [1.807, 2.05) is 11.0 Å². The summed E-state index contributed by atoms with van der Waals surface area (Å²) in [5, 5.41) is 27.2. The van der Waals surface area contributed by atoms with Crippen molar-refractivity contribution in [3.63, 3.8) is 0 Å². The number of rotatable bonds is 4. The number of nitro groups is 1. The Morgan fingerprint density at radius 3 is 2.45 bits per heavy atom. The van der Waals surface area contributed by atoms with Crippen LogP contribution in [-0.2, 0) is 20.9 Å². The van der Waals surface area contributed by atoms with Gasteiger partial charge in [0, 0.05) is 30.8 Å². The van der Waals surface area contributed by atoms with E-state index in [0.29, 0.717) is 5.91 Å². The lowest BCUT2D eigenvalue weighted by molar-refractivity contribution is -0.921. The summed E-state index contributed by atoms with van der Waals surface area (Å²) in [6.07, 6.45) is 4.29. The molecular formula is C19H25N3O7. The third-order valence-corrected chi connectivity index (χ3v) is 5.14. The molecule has 0 bridgehead atoms. The summed E-state index contributed by atoms with van der Waals surface area (Å²) >= 11 is 0. The first kappa shape index (κ1) is 22.3. The van der Waals surface area contributed by atoms with Gasteiger partial charge in [-0.3, -0.25) is 14.9 Å². The third kappa shape index (κ3) is 6.83. The van der Waals surface area contributed by atoms with E-state index in [1.165, 1.54) is 11.0 Å². The molecule has 10 nitrogen and oxygen atoms in total. The van der Waals surface area contributed by atoms with Gasteiger partial charge in [0.2, 0.25) is 5.91 Å². The average Bonchev–Trinajstić information content (AvgIpc) is 3.23. The summed E-state index contributed by atoms with van der Waals surface area (Å²) in [6, 6.07) is 6.85. The highest BCUT2D eigenvalue weighted by Gasteiger charge is 2.32. The number of carboxylic acid groups (broad SMARTS) is 2. The van der Waals surface area contributed by atoms with Gasteiger partial charge in [-0.1, -0.05) is 12.1 Å². The lowest BCUT2D eigenvalue weighted by Crippen LogP contribution is -3.12. The topological polar surface area (TPSA) is 145 Å². The van der Waals surface area contributed by atoms with Crippen LogP contribution in [0.2, 0.25) is 0 Å². The Morgan fingerprint density at radius 1 is 1.21 bits per heavy atom. The molecular weight excluding hydrogens is 382 g/mol. The second kappa shape index (κ2) is 10.5. The van der Waals surface area contributed by atoms with Crippen LogP contribution >= 0.6 is 0 Å². The van der Waals surface area contributed by atoms with Crippen molar-refractivity contribution in [2.75, 3.05) is 26.2 Å². The van der Waals surface area contributed by atoms with Crippen molar-refractivity contribution in [1.82, 2.24) is 4.90 Å². The van der Waals surface area contributed by atoms with Gasteiger partial charge in [0.05, 0.1) is 23.9 Å². The number of quaternary nitrogens is 1. The fourth-order valence-electron chi connectivity index (χ4n) is 3.79. The Kier molecular flexibility index (Phi) is 8.08. The third-order valence-electron chi connectivity index (χ3n) is 5.14. The van der Waals surface area contributed by atoms with Crippen LogP contribution in [-0.4, -0.2) is 59.0 Å². The monoisotopic (exact) mass is 407 g/mol. The zero-order valence-electron chi connectivity index (χ0n) is 16.0. The van der Waals surface area contributed by atoms with Crippen LogP contribution in [0.3, 0.4) is 0 Å². The van der Waals surface area contributed by atoms with Crippen LogP contribution in [0.5, 0.6) is 0 Å². The SMILES string of the molecule is O=C(C1CCC[NH+](Cc2cccc([N+](=O)[O-])c2)C1)N1CCCC1.O=C([O-])C(=O)O. The van der Waals surface area contributed by atoms with Crippen LogP contribution in [0.25, 0.3) is 0 Å². The minimum Gasteiger partial charge on any atom is -0.539 e. The summed E-state index contributed by atoms with van der Waals surface area (Å²) in [6.45, 7) is 4.46. The Balaban J connectivity index is 0.000000438. The summed E-state index contributed by atoms with van der Waals surface area (Å²) in [5.74, 6) is -3.57. The second-order valence-electron chi connectivity index (χ2n) is 7.27. The Morgan fingerprint density at radius 2 is 1.86 bits per heavy atom. The van der Waals surface area contributed by atoms with Gasteiger partial charge in [-0.05, 0) is 25.7 Å². The largest absolute Gasteiger partial charge is 0.539 e. The number of benzene rings is 1. The van der Waals surface area contributed by atoms with E-state index in [0.717, 1.165) is 64.0 Å².